The van der Waals surface area contributed by atoms with Crippen molar-refractivity contribution in [2.75, 3.05) is 18.0 Å². The zero-order valence-electron chi connectivity index (χ0n) is 16.1. The molecule has 0 saturated carbocycles. The molecule has 1 atom stereocenters. The van der Waals surface area contributed by atoms with Crippen LogP contribution in [-0.4, -0.2) is 40.1 Å². The molecule has 26 heavy (non-hydrogen) atoms. The maximum Gasteiger partial charge on any atom is 0.350 e. The lowest BCUT2D eigenvalue weighted by Gasteiger charge is -2.33. The monoisotopic (exact) mass is 374 g/mol. The van der Waals surface area contributed by atoms with Gasteiger partial charge in [0.25, 0.3) is 0 Å². The molecule has 0 spiro atoms. The number of aryl methyl sites for hydroxylation is 2. The summed E-state index contributed by atoms with van der Waals surface area (Å²) in [4.78, 5) is 28.5. The number of carbonyl (C=O) groups is 1. The van der Waals surface area contributed by atoms with Crippen LogP contribution in [0.15, 0.2) is 12.3 Å². The minimum atomic E-state index is -0.278. The fourth-order valence-electron chi connectivity index (χ4n) is 3.03. The first-order valence-corrected chi connectivity index (χ1v) is 9.78. The van der Waals surface area contributed by atoms with Gasteiger partial charge in [-0.1, -0.05) is 20.8 Å². The minimum Gasteiger partial charge on any atom is -0.456 e. The van der Waals surface area contributed by atoms with E-state index in [0.717, 1.165) is 41.7 Å². The summed E-state index contributed by atoms with van der Waals surface area (Å²) in [6.45, 7) is 11.7. The molecule has 0 amide bonds. The van der Waals surface area contributed by atoms with Crippen molar-refractivity contribution in [1.82, 2.24) is 15.0 Å². The molecule has 6 nitrogen and oxygen atoms in total. The molecule has 3 heterocycles. The Hall–Kier alpha value is -2.02. The molecule has 7 heteroatoms. The van der Waals surface area contributed by atoms with Gasteiger partial charge in [0.1, 0.15) is 22.6 Å². The first kappa shape index (κ1) is 18.8. The van der Waals surface area contributed by atoms with Gasteiger partial charge in [0.2, 0.25) is 0 Å². The van der Waals surface area contributed by atoms with Gasteiger partial charge in [-0.2, -0.15) is 0 Å². The SMILES string of the molecule is Cc1cc(N2CCC[C@H](OC(=O)c3cnc(C(C)(C)C)s3)C2)nc(C)n1. The van der Waals surface area contributed by atoms with Crippen molar-refractivity contribution in [3.63, 3.8) is 0 Å². The summed E-state index contributed by atoms with van der Waals surface area (Å²) in [5, 5.41) is 0.946. The molecular formula is C19H26N4O2S. The molecule has 0 bridgehead atoms. The maximum atomic E-state index is 12.5. The molecule has 1 fully saturated rings. The van der Waals surface area contributed by atoms with Gasteiger partial charge in [0, 0.05) is 23.7 Å². The number of anilines is 1. The maximum absolute atomic E-state index is 12.5. The van der Waals surface area contributed by atoms with Crippen LogP contribution in [0.4, 0.5) is 5.82 Å². The van der Waals surface area contributed by atoms with E-state index >= 15 is 0 Å². The Labute approximate surface area is 158 Å². The van der Waals surface area contributed by atoms with E-state index in [-0.39, 0.29) is 17.5 Å². The molecular weight excluding hydrogens is 348 g/mol. The largest absolute Gasteiger partial charge is 0.456 e. The predicted molar refractivity (Wildman–Crippen MR) is 103 cm³/mol. The highest BCUT2D eigenvalue weighted by Gasteiger charge is 2.27. The standard InChI is InChI=1S/C19H26N4O2S/c1-12-9-16(22-13(2)21-12)23-8-6-7-14(11-23)25-17(24)15-10-20-18(26-15)19(3,4)5/h9-10,14H,6-8,11H2,1-5H3/t14-/m0/s1. The average Bonchev–Trinajstić information content (AvgIpc) is 3.04. The van der Waals surface area contributed by atoms with E-state index in [4.69, 9.17) is 4.74 Å². The van der Waals surface area contributed by atoms with Crippen molar-refractivity contribution >= 4 is 23.1 Å². The van der Waals surface area contributed by atoms with Gasteiger partial charge in [-0.15, -0.1) is 11.3 Å². The molecule has 0 aromatic carbocycles. The highest BCUT2D eigenvalue weighted by atomic mass is 32.1. The Morgan fingerprint density at radius 2 is 2.08 bits per heavy atom. The van der Waals surface area contributed by atoms with Gasteiger partial charge in [-0.05, 0) is 26.7 Å². The number of nitrogens with zero attached hydrogens (tertiary/aromatic N) is 4. The summed E-state index contributed by atoms with van der Waals surface area (Å²) >= 11 is 1.42. The molecule has 0 aliphatic carbocycles. The van der Waals surface area contributed by atoms with Crippen LogP contribution in [0, 0.1) is 13.8 Å². The Balaban J connectivity index is 1.66. The lowest BCUT2D eigenvalue weighted by molar-refractivity contribution is 0.0274. The second-order valence-corrected chi connectivity index (χ2v) is 8.84. The highest BCUT2D eigenvalue weighted by Crippen LogP contribution is 2.28. The third kappa shape index (κ3) is 4.38. The Bertz CT molecular complexity index is 777. The van der Waals surface area contributed by atoms with Gasteiger partial charge >= 0.3 is 5.97 Å². The van der Waals surface area contributed by atoms with E-state index in [1.807, 2.05) is 19.9 Å². The lowest BCUT2D eigenvalue weighted by Crippen LogP contribution is -2.41. The normalized spacial score (nSPS) is 18.0. The minimum absolute atomic E-state index is 0.0619. The van der Waals surface area contributed by atoms with E-state index in [1.54, 1.807) is 6.20 Å². The molecule has 140 valence electrons. The van der Waals surface area contributed by atoms with Crippen molar-refractivity contribution in [2.24, 2.45) is 0 Å². The van der Waals surface area contributed by atoms with Crippen LogP contribution in [0.1, 0.15) is 59.8 Å². The van der Waals surface area contributed by atoms with Gasteiger partial charge in [0.15, 0.2) is 0 Å². The fraction of sp³-hybridized carbons (Fsp3) is 0.579. The molecule has 2 aromatic heterocycles. The second kappa shape index (κ2) is 7.31. The number of thiazole rings is 1. The molecule has 2 aromatic rings. The van der Waals surface area contributed by atoms with Crippen molar-refractivity contribution in [3.8, 4) is 0 Å². The van der Waals surface area contributed by atoms with Crippen molar-refractivity contribution in [2.45, 2.75) is 59.0 Å². The molecule has 3 rings (SSSR count). The Morgan fingerprint density at radius 1 is 1.31 bits per heavy atom. The first-order valence-electron chi connectivity index (χ1n) is 8.97. The third-order valence-electron chi connectivity index (χ3n) is 4.28. The van der Waals surface area contributed by atoms with Gasteiger partial charge < -0.3 is 9.64 Å². The quantitative estimate of drug-likeness (QED) is 0.764. The van der Waals surface area contributed by atoms with Crippen molar-refractivity contribution in [3.05, 3.63) is 33.7 Å². The Kier molecular flexibility index (Phi) is 5.27. The number of carbonyl (C=O) groups excluding carboxylic acids is 1. The molecule has 1 saturated heterocycles. The van der Waals surface area contributed by atoms with Gasteiger partial charge in [-0.3, -0.25) is 0 Å². The summed E-state index contributed by atoms with van der Waals surface area (Å²) in [5.74, 6) is 1.39. The topological polar surface area (TPSA) is 68.2 Å². The van der Waals surface area contributed by atoms with E-state index in [9.17, 15) is 4.79 Å². The lowest BCUT2D eigenvalue weighted by atomic mass is 9.98. The molecule has 0 unspecified atom stereocenters. The molecule has 1 aliphatic rings. The number of rotatable bonds is 3. The summed E-state index contributed by atoms with van der Waals surface area (Å²) in [5.41, 5.74) is 0.888. The average molecular weight is 375 g/mol. The van der Waals surface area contributed by atoms with E-state index in [1.165, 1.54) is 11.3 Å². The van der Waals surface area contributed by atoms with Crippen molar-refractivity contribution in [1.29, 1.82) is 0 Å². The van der Waals surface area contributed by atoms with Gasteiger partial charge in [0.05, 0.1) is 17.7 Å². The molecule has 0 N–H and O–H groups in total. The number of esters is 1. The van der Waals surface area contributed by atoms with E-state index < -0.39 is 0 Å². The highest BCUT2D eigenvalue weighted by molar-refractivity contribution is 7.13. The van der Waals surface area contributed by atoms with Crippen LogP contribution in [-0.2, 0) is 10.2 Å². The van der Waals surface area contributed by atoms with E-state index in [0.29, 0.717) is 11.4 Å². The predicted octanol–water partition coefficient (Wildman–Crippen LogP) is 3.67. The van der Waals surface area contributed by atoms with Crippen LogP contribution >= 0.6 is 11.3 Å². The van der Waals surface area contributed by atoms with Crippen LogP contribution in [0.3, 0.4) is 0 Å². The zero-order chi connectivity index (χ0) is 18.9. The smallest absolute Gasteiger partial charge is 0.350 e. The third-order valence-corrected chi connectivity index (χ3v) is 5.68. The number of hydrogen-bond acceptors (Lipinski definition) is 7. The Morgan fingerprint density at radius 3 is 2.73 bits per heavy atom. The second-order valence-electron chi connectivity index (χ2n) is 7.81. The molecule has 0 radical (unpaired) electrons. The number of hydrogen-bond donors (Lipinski definition) is 0. The van der Waals surface area contributed by atoms with Crippen LogP contribution in [0.5, 0.6) is 0 Å². The first-order chi connectivity index (χ1) is 12.2. The zero-order valence-corrected chi connectivity index (χ0v) is 16.9. The van der Waals surface area contributed by atoms with Crippen LogP contribution in [0.2, 0.25) is 0 Å². The summed E-state index contributed by atoms with van der Waals surface area (Å²) in [6.07, 6.45) is 3.34. The fourth-order valence-corrected chi connectivity index (χ4v) is 3.88. The number of aromatic nitrogens is 3. The summed E-state index contributed by atoms with van der Waals surface area (Å²) in [6, 6.07) is 1.98. The van der Waals surface area contributed by atoms with Crippen LogP contribution < -0.4 is 4.90 Å². The van der Waals surface area contributed by atoms with Gasteiger partial charge in [-0.25, -0.2) is 19.7 Å². The summed E-state index contributed by atoms with van der Waals surface area (Å²) in [7, 11) is 0. The van der Waals surface area contributed by atoms with Crippen molar-refractivity contribution < 1.29 is 9.53 Å². The summed E-state index contributed by atoms with van der Waals surface area (Å²) < 4.78 is 5.76. The van der Waals surface area contributed by atoms with E-state index in [2.05, 4.69) is 40.6 Å². The van der Waals surface area contributed by atoms with Crippen LogP contribution in [0.25, 0.3) is 0 Å². The number of piperidine rings is 1. The molecule has 1 aliphatic heterocycles. The number of ether oxygens (including phenoxy) is 1.